The van der Waals surface area contributed by atoms with Crippen LogP contribution in [0.5, 0.6) is 0 Å². The fourth-order valence-electron chi connectivity index (χ4n) is 1.69. The maximum absolute atomic E-state index is 11.8. The summed E-state index contributed by atoms with van der Waals surface area (Å²) >= 11 is 13.6. The predicted octanol–water partition coefficient (Wildman–Crippen LogP) is 4.43. The molecule has 0 aliphatic carbocycles. The van der Waals surface area contributed by atoms with Crippen LogP contribution in [0.15, 0.2) is 18.2 Å². The third-order valence-corrected chi connectivity index (χ3v) is 4.47. The molecule has 1 aromatic rings. The molecule has 120 valence electrons. The molecule has 1 N–H and O–H groups in total. The first-order valence-electron chi connectivity index (χ1n) is 6.62. The topological polar surface area (TPSA) is 32.3 Å². The summed E-state index contributed by atoms with van der Waals surface area (Å²) in [6.45, 7) is 7.36. The van der Waals surface area contributed by atoms with Gasteiger partial charge in [-0.1, -0.05) is 43.1 Å². The van der Waals surface area contributed by atoms with E-state index in [0.29, 0.717) is 21.5 Å². The van der Waals surface area contributed by atoms with Gasteiger partial charge in [0.1, 0.15) is 0 Å². The van der Waals surface area contributed by atoms with E-state index >= 15 is 0 Å². The van der Waals surface area contributed by atoms with Crippen LogP contribution in [0.25, 0.3) is 0 Å². The van der Waals surface area contributed by atoms with E-state index in [1.165, 1.54) is 0 Å². The third kappa shape index (κ3) is 7.61. The average Bonchev–Trinajstić information content (AvgIpc) is 2.43. The van der Waals surface area contributed by atoms with Gasteiger partial charge in [0.25, 0.3) is 0 Å². The Hall–Kier alpha value is -0.130. The second kappa shape index (κ2) is 11.4. The Balaban J connectivity index is 0.00000400. The average molecular weight is 372 g/mol. The van der Waals surface area contributed by atoms with Gasteiger partial charge in [-0.15, -0.1) is 12.4 Å². The van der Waals surface area contributed by atoms with Gasteiger partial charge in [-0.3, -0.25) is 4.79 Å². The van der Waals surface area contributed by atoms with Crippen molar-refractivity contribution in [3.8, 4) is 0 Å². The van der Waals surface area contributed by atoms with Crippen molar-refractivity contribution in [2.24, 2.45) is 0 Å². The standard InChI is InChI=1S/C14H20Cl2N2OS.ClH/c1-3-18(4-2)8-9-20-10-13(19)17-14-11(15)6-5-7-12(14)16;/h5-7H,3-4,8-10H2,1-2H3,(H,17,19);1H. The van der Waals surface area contributed by atoms with Crippen LogP contribution in [-0.2, 0) is 4.79 Å². The Labute approximate surface area is 147 Å². The van der Waals surface area contributed by atoms with Crippen molar-refractivity contribution in [2.45, 2.75) is 13.8 Å². The van der Waals surface area contributed by atoms with E-state index in [1.54, 1.807) is 30.0 Å². The Kier molecular flexibility index (Phi) is 11.4. The van der Waals surface area contributed by atoms with E-state index < -0.39 is 0 Å². The highest BCUT2D eigenvalue weighted by molar-refractivity contribution is 7.99. The van der Waals surface area contributed by atoms with Crippen LogP contribution in [0.3, 0.4) is 0 Å². The van der Waals surface area contributed by atoms with E-state index in [2.05, 4.69) is 24.1 Å². The number of rotatable bonds is 8. The van der Waals surface area contributed by atoms with Crippen molar-refractivity contribution >= 4 is 59.0 Å². The number of hydrogen-bond donors (Lipinski definition) is 1. The fraction of sp³-hybridized carbons (Fsp3) is 0.500. The molecular formula is C14H21Cl3N2OS. The van der Waals surface area contributed by atoms with Crippen molar-refractivity contribution in [3.63, 3.8) is 0 Å². The Morgan fingerprint density at radius 3 is 2.33 bits per heavy atom. The van der Waals surface area contributed by atoms with E-state index in [1.807, 2.05) is 0 Å². The zero-order chi connectivity index (χ0) is 15.0. The summed E-state index contributed by atoms with van der Waals surface area (Å²) in [5.74, 6) is 1.26. The number of anilines is 1. The molecule has 1 amide bonds. The van der Waals surface area contributed by atoms with E-state index in [-0.39, 0.29) is 18.3 Å². The number of thioether (sulfide) groups is 1. The van der Waals surface area contributed by atoms with E-state index in [9.17, 15) is 4.79 Å². The molecule has 7 heteroatoms. The molecule has 0 saturated carbocycles. The first-order chi connectivity index (χ1) is 9.58. The van der Waals surface area contributed by atoms with Crippen LogP contribution in [0, 0.1) is 0 Å². The van der Waals surface area contributed by atoms with Gasteiger partial charge in [0.05, 0.1) is 21.5 Å². The monoisotopic (exact) mass is 370 g/mol. The molecule has 0 fully saturated rings. The second-order valence-electron chi connectivity index (χ2n) is 4.22. The smallest absolute Gasteiger partial charge is 0.234 e. The summed E-state index contributed by atoms with van der Waals surface area (Å²) in [5.41, 5.74) is 0.491. The highest BCUT2D eigenvalue weighted by atomic mass is 35.5. The van der Waals surface area contributed by atoms with E-state index in [4.69, 9.17) is 23.2 Å². The number of nitrogens with zero attached hydrogens (tertiary/aromatic N) is 1. The molecule has 21 heavy (non-hydrogen) atoms. The lowest BCUT2D eigenvalue weighted by molar-refractivity contribution is -0.113. The number of para-hydroxylation sites is 1. The molecule has 0 aliphatic heterocycles. The number of amides is 1. The van der Waals surface area contributed by atoms with Crippen LogP contribution in [0.4, 0.5) is 5.69 Å². The van der Waals surface area contributed by atoms with Crippen molar-refractivity contribution in [1.82, 2.24) is 4.90 Å². The Morgan fingerprint density at radius 2 is 1.81 bits per heavy atom. The summed E-state index contributed by atoms with van der Waals surface area (Å²) < 4.78 is 0. The minimum Gasteiger partial charge on any atom is -0.323 e. The fourth-order valence-corrected chi connectivity index (χ4v) is 2.97. The number of nitrogens with one attached hydrogen (secondary N) is 1. The Bertz CT molecular complexity index is 422. The molecule has 0 heterocycles. The van der Waals surface area contributed by atoms with Crippen LogP contribution >= 0.6 is 47.4 Å². The summed E-state index contributed by atoms with van der Waals surface area (Å²) in [6.07, 6.45) is 0. The first-order valence-corrected chi connectivity index (χ1v) is 8.53. The lowest BCUT2D eigenvalue weighted by Crippen LogP contribution is -2.26. The quantitative estimate of drug-likeness (QED) is 0.686. The van der Waals surface area contributed by atoms with Crippen LogP contribution in [0.2, 0.25) is 10.0 Å². The minimum atomic E-state index is -0.0791. The molecule has 0 aliphatic rings. The molecular weight excluding hydrogens is 351 g/mol. The van der Waals surface area contributed by atoms with Gasteiger partial charge in [0.2, 0.25) is 5.91 Å². The third-order valence-electron chi connectivity index (χ3n) is 2.91. The lowest BCUT2D eigenvalue weighted by atomic mass is 10.3. The highest BCUT2D eigenvalue weighted by Gasteiger charge is 2.09. The summed E-state index contributed by atoms with van der Waals surface area (Å²) in [7, 11) is 0. The summed E-state index contributed by atoms with van der Waals surface area (Å²) in [4.78, 5) is 14.2. The molecule has 3 nitrogen and oxygen atoms in total. The lowest BCUT2D eigenvalue weighted by Gasteiger charge is -2.17. The molecule has 1 rings (SSSR count). The normalized spacial score (nSPS) is 10.3. The maximum Gasteiger partial charge on any atom is 0.234 e. The van der Waals surface area contributed by atoms with Gasteiger partial charge in [0, 0.05) is 12.3 Å². The molecule has 0 radical (unpaired) electrons. The highest BCUT2D eigenvalue weighted by Crippen LogP contribution is 2.29. The van der Waals surface area contributed by atoms with Crippen molar-refractivity contribution in [2.75, 3.05) is 36.5 Å². The maximum atomic E-state index is 11.8. The molecule has 0 unspecified atom stereocenters. The van der Waals surface area contributed by atoms with Gasteiger partial charge in [-0.2, -0.15) is 11.8 Å². The van der Waals surface area contributed by atoms with Crippen molar-refractivity contribution in [1.29, 1.82) is 0 Å². The number of halogens is 3. The zero-order valence-corrected chi connectivity index (χ0v) is 15.3. The number of benzene rings is 1. The van der Waals surface area contributed by atoms with Gasteiger partial charge in [-0.05, 0) is 25.2 Å². The van der Waals surface area contributed by atoms with Crippen molar-refractivity contribution in [3.05, 3.63) is 28.2 Å². The largest absolute Gasteiger partial charge is 0.323 e. The number of hydrogen-bond acceptors (Lipinski definition) is 3. The van der Waals surface area contributed by atoms with Crippen LogP contribution < -0.4 is 5.32 Å². The number of carbonyl (C=O) groups is 1. The summed E-state index contributed by atoms with van der Waals surface area (Å²) in [5, 5.41) is 3.67. The van der Waals surface area contributed by atoms with Crippen LogP contribution in [0.1, 0.15) is 13.8 Å². The molecule has 1 aromatic carbocycles. The molecule has 0 saturated heterocycles. The van der Waals surface area contributed by atoms with Gasteiger partial charge in [-0.25, -0.2) is 0 Å². The van der Waals surface area contributed by atoms with Crippen molar-refractivity contribution < 1.29 is 4.79 Å². The second-order valence-corrected chi connectivity index (χ2v) is 6.14. The molecule has 0 atom stereocenters. The van der Waals surface area contributed by atoms with E-state index in [0.717, 1.165) is 25.4 Å². The zero-order valence-electron chi connectivity index (χ0n) is 12.2. The number of carbonyl (C=O) groups excluding carboxylic acids is 1. The van der Waals surface area contributed by atoms with Crippen LogP contribution in [-0.4, -0.2) is 41.9 Å². The Morgan fingerprint density at radius 1 is 1.24 bits per heavy atom. The van der Waals surface area contributed by atoms with Gasteiger partial charge >= 0.3 is 0 Å². The predicted molar refractivity (Wildman–Crippen MR) is 97.5 cm³/mol. The molecule has 0 bridgehead atoms. The first kappa shape index (κ1) is 20.9. The van der Waals surface area contributed by atoms with Gasteiger partial charge in [0.15, 0.2) is 0 Å². The summed E-state index contributed by atoms with van der Waals surface area (Å²) in [6, 6.07) is 5.16. The molecule has 0 spiro atoms. The molecule has 0 aromatic heterocycles. The minimum absolute atomic E-state index is 0. The SMILES string of the molecule is CCN(CC)CCSCC(=O)Nc1c(Cl)cccc1Cl.Cl. The van der Waals surface area contributed by atoms with Gasteiger partial charge < -0.3 is 10.2 Å².